The van der Waals surface area contributed by atoms with Gasteiger partial charge in [-0.15, -0.1) is 0 Å². The minimum atomic E-state index is -0.0728. The topological polar surface area (TPSA) is 86.8 Å². The maximum absolute atomic E-state index is 11.3. The van der Waals surface area contributed by atoms with Gasteiger partial charge < -0.3 is 10.2 Å². The monoisotopic (exact) mass is 364 g/mol. The first-order valence-electron chi connectivity index (χ1n) is 9.54. The number of fused-ring (bicyclic) bond motifs is 1. The molecule has 1 aliphatic rings. The number of nitrogens with zero attached hydrogens (tertiary/aromatic N) is 4. The molecule has 0 radical (unpaired) electrons. The molecular formula is C20H24N6O. The zero-order chi connectivity index (χ0) is 18.6. The first-order chi connectivity index (χ1) is 13.2. The van der Waals surface area contributed by atoms with Crippen LogP contribution in [0.3, 0.4) is 0 Å². The van der Waals surface area contributed by atoms with Crippen molar-refractivity contribution >= 4 is 34.3 Å². The van der Waals surface area contributed by atoms with Gasteiger partial charge in [0, 0.05) is 30.5 Å². The predicted molar refractivity (Wildman–Crippen MR) is 106 cm³/mol. The van der Waals surface area contributed by atoms with Crippen molar-refractivity contribution in [3.05, 3.63) is 36.7 Å². The summed E-state index contributed by atoms with van der Waals surface area (Å²) in [6, 6.07) is 8.26. The molecule has 7 nitrogen and oxygen atoms in total. The van der Waals surface area contributed by atoms with Crippen LogP contribution in [0.25, 0.3) is 11.0 Å². The maximum atomic E-state index is 11.3. The summed E-state index contributed by atoms with van der Waals surface area (Å²) in [5.74, 6) is 0.613. The highest BCUT2D eigenvalue weighted by atomic mass is 16.1. The smallest absolute Gasteiger partial charge is 0.232 e. The Morgan fingerprint density at radius 1 is 1.11 bits per heavy atom. The number of carbonyl (C=O) groups excluding carboxylic acids is 1. The number of aromatic amines is 1. The standard InChI is InChI=1S/C20H24N6O/c1-14(27)23-16-8-10-18(11-9-16)26(17-6-4-2-3-5-7-17)20-21-12-15-13-22-25-19(15)24-20/h8-13,17H,2-7H2,1H3,(H,23,27)(H,21,22,24,25). The van der Waals surface area contributed by atoms with Crippen molar-refractivity contribution in [2.45, 2.75) is 51.5 Å². The Hall–Kier alpha value is -2.96. The molecule has 0 spiro atoms. The highest BCUT2D eigenvalue weighted by Crippen LogP contribution is 2.32. The van der Waals surface area contributed by atoms with Crippen molar-refractivity contribution in [1.82, 2.24) is 20.2 Å². The molecule has 7 heteroatoms. The van der Waals surface area contributed by atoms with E-state index in [1.54, 1.807) is 6.20 Å². The normalized spacial score (nSPS) is 15.4. The quantitative estimate of drug-likeness (QED) is 0.679. The van der Waals surface area contributed by atoms with Crippen LogP contribution in [0, 0.1) is 0 Å². The van der Waals surface area contributed by atoms with E-state index in [1.165, 1.54) is 32.6 Å². The van der Waals surface area contributed by atoms with E-state index in [0.717, 1.165) is 35.2 Å². The van der Waals surface area contributed by atoms with Crippen molar-refractivity contribution in [2.75, 3.05) is 10.2 Å². The van der Waals surface area contributed by atoms with Crippen LogP contribution in [0.2, 0.25) is 0 Å². The zero-order valence-electron chi connectivity index (χ0n) is 15.5. The molecular weight excluding hydrogens is 340 g/mol. The van der Waals surface area contributed by atoms with E-state index in [9.17, 15) is 4.79 Å². The van der Waals surface area contributed by atoms with E-state index in [1.807, 2.05) is 30.5 Å². The molecule has 0 atom stereocenters. The van der Waals surface area contributed by atoms with Gasteiger partial charge in [0.05, 0.1) is 11.6 Å². The Morgan fingerprint density at radius 2 is 1.85 bits per heavy atom. The van der Waals surface area contributed by atoms with Crippen molar-refractivity contribution in [1.29, 1.82) is 0 Å². The summed E-state index contributed by atoms with van der Waals surface area (Å²) in [5, 5.41) is 10.7. The number of aromatic nitrogens is 4. The number of amides is 1. The number of nitrogens with one attached hydrogen (secondary N) is 2. The molecule has 0 saturated heterocycles. The van der Waals surface area contributed by atoms with Gasteiger partial charge in [0.15, 0.2) is 5.65 Å². The minimum Gasteiger partial charge on any atom is -0.326 e. The lowest BCUT2D eigenvalue weighted by Gasteiger charge is -2.31. The van der Waals surface area contributed by atoms with Crippen LogP contribution in [0.15, 0.2) is 36.7 Å². The second kappa shape index (κ2) is 7.73. The lowest BCUT2D eigenvalue weighted by molar-refractivity contribution is -0.114. The predicted octanol–water partition coefficient (Wildman–Crippen LogP) is 4.17. The van der Waals surface area contributed by atoms with Gasteiger partial charge >= 0.3 is 0 Å². The lowest BCUT2D eigenvalue weighted by atomic mass is 10.1. The van der Waals surface area contributed by atoms with Crippen molar-refractivity contribution in [2.24, 2.45) is 0 Å². The third-order valence-electron chi connectivity index (χ3n) is 5.05. The molecule has 3 aromatic rings. The van der Waals surface area contributed by atoms with Crippen LogP contribution in [0.5, 0.6) is 0 Å². The summed E-state index contributed by atoms with van der Waals surface area (Å²) in [7, 11) is 0. The van der Waals surface area contributed by atoms with Gasteiger partial charge in [0.2, 0.25) is 11.9 Å². The van der Waals surface area contributed by atoms with E-state index >= 15 is 0 Å². The highest BCUT2D eigenvalue weighted by Gasteiger charge is 2.24. The van der Waals surface area contributed by atoms with Crippen LogP contribution in [0.4, 0.5) is 17.3 Å². The van der Waals surface area contributed by atoms with Gasteiger partial charge in [-0.25, -0.2) is 4.98 Å². The molecule has 0 unspecified atom stereocenters. The Morgan fingerprint density at radius 3 is 2.56 bits per heavy atom. The number of rotatable bonds is 4. The lowest BCUT2D eigenvalue weighted by Crippen LogP contribution is -2.32. The van der Waals surface area contributed by atoms with Crippen LogP contribution < -0.4 is 10.2 Å². The van der Waals surface area contributed by atoms with Gasteiger partial charge in [-0.05, 0) is 37.1 Å². The van der Waals surface area contributed by atoms with Crippen molar-refractivity contribution < 1.29 is 4.79 Å². The largest absolute Gasteiger partial charge is 0.326 e. The fourth-order valence-electron chi connectivity index (χ4n) is 3.76. The first-order valence-corrected chi connectivity index (χ1v) is 9.54. The summed E-state index contributed by atoms with van der Waals surface area (Å²) < 4.78 is 0. The molecule has 27 heavy (non-hydrogen) atoms. The summed E-state index contributed by atoms with van der Waals surface area (Å²) in [6.07, 6.45) is 10.8. The van der Waals surface area contributed by atoms with Gasteiger partial charge in [-0.1, -0.05) is 25.7 Å². The molecule has 0 bridgehead atoms. The molecule has 4 rings (SSSR count). The Labute approximate surface area is 158 Å². The summed E-state index contributed by atoms with van der Waals surface area (Å²) >= 11 is 0. The summed E-state index contributed by atoms with van der Waals surface area (Å²) in [4.78, 5) is 22.9. The zero-order valence-corrected chi connectivity index (χ0v) is 15.5. The fraction of sp³-hybridized carbons (Fsp3) is 0.400. The molecule has 1 aromatic carbocycles. The number of hydrogen-bond donors (Lipinski definition) is 2. The fourth-order valence-corrected chi connectivity index (χ4v) is 3.76. The third-order valence-corrected chi connectivity index (χ3v) is 5.05. The summed E-state index contributed by atoms with van der Waals surface area (Å²) in [5.41, 5.74) is 2.57. The molecule has 2 N–H and O–H groups in total. The average molecular weight is 364 g/mol. The number of hydrogen-bond acceptors (Lipinski definition) is 5. The van der Waals surface area contributed by atoms with E-state index in [-0.39, 0.29) is 5.91 Å². The SMILES string of the molecule is CC(=O)Nc1ccc(N(c2ncc3cn[nH]c3n2)C2CCCCCC2)cc1. The van der Waals surface area contributed by atoms with Gasteiger partial charge in [-0.3, -0.25) is 9.89 Å². The van der Waals surface area contributed by atoms with Crippen LogP contribution in [-0.2, 0) is 4.79 Å². The molecule has 1 amide bonds. The van der Waals surface area contributed by atoms with E-state index in [2.05, 4.69) is 25.4 Å². The van der Waals surface area contributed by atoms with Crippen LogP contribution in [0.1, 0.15) is 45.4 Å². The Balaban J connectivity index is 1.71. The van der Waals surface area contributed by atoms with E-state index < -0.39 is 0 Å². The van der Waals surface area contributed by atoms with Gasteiger partial charge in [0.1, 0.15) is 0 Å². The van der Waals surface area contributed by atoms with Crippen LogP contribution >= 0.6 is 0 Å². The maximum Gasteiger partial charge on any atom is 0.232 e. The third kappa shape index (κ3) is 3.92. The Kier molecular flexibility index (Phi) is 5.00. The number of carbonyl (C=O) groups is 1. The average Bonchev–Trinajstić information content (AvgIpc) is 2.97. The van der Waals surface area contributed by atoms with Gasteiger partial charge in [-0.2, -0.15) is 10.1 Å². The molecule has 2 aromatic heterocycles. The molecule has 1 aliphatic carbocycles. The first kappa shape index (κ1) is 17.5. The number of benzene rings is 1. The van der Waals surface area contributed by atoms with E-state index in [4.69, 9.17) is 4.98 Å². The molecule has 140 valence electrons. The molecule has 1 fully saturated rings. The molecule has 2 heterocycles. The second-order valence-electron chi connectivity index (χ2n) is 7.09. The highest BCUT2D eigenvalue weighted by molar-refractivity contribution is 5.89. The molecule has 1 saturated carbocycles. The number of H-pyrrole nitrogens is 1. The Bertz CT molecular complexity index is 912. The summed E-state index contributed by atoms with van der Waals surface area (Å²) in [6.45, 7) is 1.51. The van der Waals surface area contributed by atoms with Crippen molar-refractivity contribution in [3.8, 4) is 0 Å². The van der Waals surface area contributed by atoms with Crippen molar-refractivity contribution in [3.63, 3.8) is 0 Å². The minimum absolute atomic E-state index is 0.0728. The molecule has 0 aliphatic heterocycles. The van der Waals surface area contributed by atoms with E-state index in [0.29, 0.717) is 12.0 Å². The number of anilines is 3. The van der Waals surface area contributed by atoms with Crippen LogP contribution in [-0.4, -0.2) is 32.1 Å². The second-order valence-corrected chi connectivity index (χ2v) is 7.09. The van der Waals surface area contributed by atoms with Gasteiger partial charge in [0.25, 0.3) is 0 Å².